The monoisotopic (exact) mass is 288 g/mol. The molecule has 0 bridgehead atoms. The number of hydrogen-bond donors (Lipinski definition) is 3. The lowest BCUT2D eigenvalue weighted by molar-refractivity contribution is -0.137. The molecule has 19 heavy (non-hydrogen) atoms. The van der Waals surface area contributed by atoms with Crippen LogP contribution in [0.5, 0.6) is 0 Å². The molecule has 1 saturated carbocycles. The second-order valence-electron chi connectivity index (χ2n) is 4.78. The molecule has 5 nitrogen and oxygen atoms in total. The quantitative estimate of drug-likeness (QED) is 0.598. The Bertz CT molecular complexity index is 300. The Morgan fingerprint density at radius 3 is 2.79 bits per heavy atom. The van der Waals surface area contributed by atoms with E-state index in [1.165, 1.54) is 12.8 Å². The molecule has 2 unspecified atom stereocenters. The van der Waals surface area contributed by atoms with Crippen LogP contribution in [0.3, 0.4) is 0 Å². The van der Waals surface area contributed by atoms with E-state index in [1.54, 1.807) is 0 Å². The normalized spacial score (nSPS) is 22.2. The van der Waals surface area contributed by atoms with Crippen molar-refractivity contribution in [2.24, 2.45) is 0 Å². The number of carbonyl (C=O) groups excluding carboxylic acids is 1. The summed E-state index contributed by atoms with van der Waals surface area (Å²) in [5, 5.41) is 14.9. The van der Waals surface area contributed by atoms with Crippen molar-refractivity contribution in [3.8, 4) is 0 Å². The van der Waals surface area contributed by atoms with Crippen molar-refractivity contribution in [1.29, 1.82) is 0 Å². The molecule has 0 spiro atoms. The van der Waals surface area contributed by atoms with Crippen molar-refractivity contribution in [2.45, 2.75) is 56.7 Å². The predicted octanol–water partition coefficient (Wildman–Crippen LogP) is 2.21. The highest BCUT2D eigenvalue weighted by molar-refractivity contribution is 7.99. The fourth-order valence-corrected chi connectivity index (χ4v) is 3.53. The Morgan fingerprint density at radius 1 is 1.32 bits per heavy atom. The molecule has 0 aliphatic heterocycles. The highest BCUT2D eigenvalue weighted by atomic mass is 32.2. The zero-order valence-electron chi connectivity index (χ0n) is 11.5. The molecular formula is C13H24N2O3S. The van der Waals surface area contributed by atoms with Gasteiger partial charge in [0.2, 0.25) is 0 Å². The fraction of sp³-hybridized carbons (Fsp3) is 0.846. The van der Waals surface area contributed by atoms with E-state index < -0.39 is 5.97 Å². The summed E-state index contributed by atoms with van der Waals surface area (Å²) in [4.78, 5) is 22.0. The van der Waals surface area contributed by atoms with Crippen molar-refractivity contribution in [1.82, 2.24) is 10.6 Å². The van der Waals surface area contributed by atoms with E-state index in [1.807, 2.05) is 11.8 Å². The maximum absolute atomic E-state index is 11.7. The average Bonchev–Trinajstić information content (AvgIpc) is 2.76. The number of carboxylic acid groups (broad SMARTS) is 1. The van der Waals surface area contributed by atoms with Crippen molar-refractivity contribution in [3.05, 3.63) is 0 Å². The minimum atomic E-state index is -0.783. The number of urea groups is 1. The molecule has 0 aromatic carbocycles. The third-order valence-corrected chi connectivity index (χ3v) is 4.58. The van der Waals surface area contributed by atoms with E-state index in [9.17, 15) is 9.59 Å². The number of thioether (sulfide) groups is 1. The van der Waals surface area contributed by atoms with Gasteiger partial charge in [0, 0.05) is 24.3 Å². The molecular weight excluding hydrogens is 264 g/mol. The summed E-state index contributed by atoms with van der Waals surface area (Å²) in [5.74, 6) is 0.300. The number of hydrogen-bond acceptors (Lipinski definition) is 3. The molecule has 0 aromatic rings. The van der Waals surface area contributed by atoms with E-state index in [0.29, 0.717) is 24.6 Å². The average molecular weight is 288 g/mol. The molecule has 1 aliphatic carbocycles. The third kappa shape index (κ3) is 6.71. The zero-order chi connectivity index (χ0) is 14.1. The summed E-state index contributed by atoms with van der Waals surface area (Å²) in [6.45, 7) is 2.68. The maximum atomic E-state index is 11.7. The fourth-order valence-electron chi connectivity index (χ4n) is 2.33. The summed E-state index contributed by atoms with van der Waals surface area (Å²) in [6, 6.07) is 0.160. The van der Waals surface area contributed by atoms with E-state index in [-0.39, 0.29) is 18.5 Å². The number of amides is 2. The Labute approximate surface area is 118 Å². The van der Waals surface area contributed by atoms with Gasteiger partial charge in [-0.2, -0.15) is 11.8 Å². The zero-order valence-corrected chi connectivity index (χ0v) is 12.3. The lowest BCUT2D eigenvalue weighted by atomic mass is 10.2. The number of aliphatic carboxylic acids is 1. The molecule has 0 radical (unpaired) electrons. The first-order valence-electron chi connectivity index (χ1n) is 7.01. The molecule has 0 saturated heterocycles. The third-order valence-electron chi connectivity index (χ3n) is 3.25. The number of unbranched alkanes of at least 4 members (excludes halogenated alkanes) is 1. The summed E-state index contributed by atoms with van der Waals surface area (Å²) < 4.78 is 0. The number of rotatable bonds is 8. The van der Waals surface area contributed by atoms with Gasteiger partial charge in [0.05, 0.1) is 0 Å². The van der Waals surface area contributed by atoms with Crippen LogP contribution < -0.4 is 10.6 Å². The van der Waals surface area contributed by atoms with Gasteiger partial charge >= 0.3 is 12.0 Å². The van der Waals surface area contributed by atoms with Crippen LogP contribution in [0.4, 0.5) is 4.79 Å². The smallest absolute Gasteiger partial charge is 0.315 e. The number of carbonyl (C=O) groups is 2. The van der Waals surface area contributed by atoms with Gasteiger partial charge in [-0.15, -0.1) is 0 Å². The molecule has 110 valence electrons. The molecule has 1 fully saturated rings. The van der Waals surface area contributed by atoms with Gasteiger partial charge in [-0.3, -0.25) is 4.79 Å². The maximum Gasteiger partial charge on any atom is 0.315 e. The number of nitrogens with one attached hydrogen (secondary N) is 2. The van der Waals surface area contributed by atoms with E-state index in [2.05, 4.69) is 17.6 Å². The van der Waals surface area contributed by atoms with Crippen molar-refractivity contribution >= 4 is 23.8 Å². The molecule has 1 rings (SSSR count). The van der Waals surface area contributed by atoms with Crippen molar-refractivity contribution < 1.29 is 14.7 Å². The Kier molecular flexibility index (Phi) is 7.70. The Morgan fingerprint density at radius 2 is 2.11 bits per heavy atom. The van der Waals surface area contributed by atoms with Gasteiger partial charge in [0.15, 0.2) is 0 Å². The van der Waals surface area contributed by atoms with Crippen molar-refractivity contribution in [3.63, 3.8) is 0 Å². The lowest BCUT2D eigenvalue weighted by Crippen LogP contribution is -2.44. The van der Waals surface area contributed by atoms with Gasteiger partial charge in [0.25, 0.3) is 0 Å². The summed E-state index contributed by atoms with van der Waals surface area (Å²) in [7, 11) is 0. The molecule has 2 atom stereocenters. The van der Waals surface area contributed by atoms with Crippen LogP contribution in [0.15, 0.2) is 0 Å². The first-order valence-corrected chi connectivity index (χ1v) is 8.06. The molecule has 0 heterocycles. The summed E-state index contributed by atoms with van der Waals surface area (Å²) in [5.41, 5.74) is 0. The van der Waals surface area contributed by atoms with Crippen LogP contribution >= 0.6 is 11.8 Å². The van der Waals surface area contributed by atoms with Crippen LogP contribution in [0.1, 0.15) is 45.4 Å². The predicted molar refractivity (Wildman–Crippen MR) is 77.6 cm³/mol. The van der Waals surface area contributed by atoms with Gasteiger partial charge in [-0.25, -0.2) is 4.79 Å². The van der Waals surface area contributed by atoms with Gasteiger partial charge < -0.3 is 15.7 Å². The standard InChI is InChI=1S/C13H24N2O3S/c1-2-19-11-7-5-6-10(11)15-13(18)14-9-4-3-8-12(16)17/h10-11H,2-9H2,1H3,(H,16,17)(H2,14,15,18). The first kappa shape index (κ1) is 16.1. The van der Waals surface area contributed by atoms with E-state index >= 15 is 0 Å². The first-order chi connectivity index (χ1) is 9.13. The summed E-state index contributed by atoms with van der Waals surface area (Å²) in [6.07, 6.45) is 4.90. The molecule has 2 amide bonds. The summed E-state index contributed by atoms with van der Waals surface area (Å²) >= 11 is 1.92. The topological polar surface area (TPSA) is 78.4 Å². The van der Waals surface area contributed by atoms with Crippen molar-refractivity contribution in [2.75, 3.05) is 12.3 Å². The molecule has 3 N–H and O–H groups in total. The minimum absolute atomic E-state index is 0.121. The van der Waals surface area contributed by atoms with Crippen LogP contribution in [0.2, 0.25) is 0 Å². The van der Waals surface area contributed by atoms with E-state index in [0.717, 1.165) is 12.2 Å². The van der Waals surface area contributed by atoms with Gasteiger partial charge in [0.1, 0.15) is 0 Å². The van der Waals surface area contributed by atoms with Crippen LogP contribution in [0.25, 0.3) is 0 Å². The van der Waals surface area contributed by atoms with Crippen LogP contribution in [0, 0.1) is 0 Å². The SMILES string of the molecule is CCSC1CCCC1NC(=O)NCCCCC(=O)O. The Balaban J connectivity index is 2.11. The second-order valence-corrected chi connectivity index (χ2v) is 6.30. The largest absolute Gasteiger partial charge is 0.481 e. The molecule has 6 heteroatoms. The van der Waals surface area contributed by atoms with E-state index in [4.69, 9.17) is 5.11 Å². The highest BCUT2D eigenvalue weighted by Crippen LogP contribution is 2.29. The Hall–Kier alpha value is -0.910. The molecule has 0 aromatic heterocycles. The molecule has 1 aliphatic rings. The number of carboxylic acids is 1. The highest BCUT2D eigenvalue weighted by Gasteiger charge is 2.28. The van der Waals surface area contributed by atoms with Gasteiger partial charge in [-0.05, 0) is 31.4 Å². The van der Waals surface area contributed by atoms with Gasteiger partial charge in [-0.1, -0.05) is 13.3 Å². The van der Waals surface area contributed by atoms with Crippen LogP contribution in [-0.2, 0) is 4.79 Å². The van der Waals surface area contributed by atoms with Crippen LogP contribution in [-0.4, -0.2) is 40.7 Å². The lowest BCUT2D eigenvalue weighted by Gasteiger charge is -2.20. The minimum Gasteiger partial charge on any atom is -0.481 e. The second kappa shape index (κ2) is 9.07.